The summed E-state index contributed by atoms with van der Waals surface area (Å²) in [6, 6.07) is 10.4. The van der Waals surface area contributed by atoms with Gasteiger partial charge in [-0.05, 0) is 20.8 Å². The van der Waals surface area contributed by atoms with Crippen LogP contribution in [0.25, 0.3) is 11.3 Å². The van der Waals surface area contributed by atoms with Gasteiger partial charge in [0, 0.05) is 16.5 Å². The topological polar surface area (TPSA) is 17.8 Å². The van der Waals surface area contributed by atoms with Gasteiger partial charge in [-0.2, -0.15) is 0 Å². The van der Waals surface area contributed by atoms with Gasteiger partial charge < -0.3 is 4.57 Å². The van der Waals surface area contributed by atoms with E-state index in [4.69, 9.17) is 0 Å². The highest BCUT2D eigenvalue weighted by atomic mass is 15.1. The number of rotatable bonds is 1. The molecule has 2 nitrogen and oxygen atoms in total. The van der Waals surface area contributed by atoms with Gasteiger partial charge in [-0.3, -0.25) is 0 Å². The van der Waals surface area contributed by atoms with E-state index in [1.165, 1.54) is 11.3 Å². The Bertz CT molecular complexity index is 551. The average Bonchev–Trinajstić information content (AvgIpc) is 2.74. The molecule has 2 heteroatoms. The second kappa shape index (κ2) is 4.52. The summed E-state index contributed by atoms with van der Waals surface area (Å²) in [6.07, 6.45) is 1.98. The molecule has 1 aromatic heterocycles. The normalized spacial score (nSPS) is 12.7. The van der Waals surface area contributed by atoms with E-state index in [1.807, 2.05) is 12.4 Å². The second-order valence-electron chi connectivity index (χ2n) is 7.10. The maximum Gasteiger partial charge on any atom is 0.0961 e. The zero-order valence-corrected chi connectivity index (χ0v) is 12.9. The number of hydrogen-bond acceptors (Lipinski definition) is 1. The smallest absolute Gasteiger partial charge is 0.0961 e. The third kappa shape index (κ3) is 2.73. The minimum atomic E-state index is 0.0443. The first kappa shape index (κ1) is 13.9. The largest absolute Gasteiger partial charge is 0.328 e. The molecular formula is C17H24N2. The number of aromatic nitrogens is 2. The zero-order valence-electron chi connectivity index (χ0n) is 12.9. The second-order valence-corrected chi connectivity index (χ2v) is 7.10. The van der Waals surface area contributed by atoms with Crippen molar-refractivity contribution < 1.29 is 0 Å². The fourth-order valence-electron chi connectivity index (χ4n) is 2.38. The Hall–Kier alpha value is -1.57. The molecule has 1 heterocycles. The Morgan fingerprint density at radius 2 is 1.47 bits per heavy atom. The van der Waals surface area contributed by atoms with Gasteiger partial charge in [0.2, 0.25) is 0 Å². The van der Waals surface area contributed by atoms with Crippen LogP contribution in [0.2, 0.25) is 0 Å². The highest BCUT2D eigenvalue weighted by Gasteiger charge is 2.28. The molecular weight excluding hydrogens is 232 g/mol. The zero-order chi connectivity index (χ0) is 14.3. The van der Waals surface area contributed by atoms with Crippen LogP contribution in [0.15, 0.2) is 36.7 Å². The maximum atomic E-state index is 4.68. The summed E-state index contributed by atoms with van der Waals surface area (Å²) in [5.74, 6) is 0. The van der Waals surface area contributed by atoms with E-state index in [1.54, 1.807) is 0 Å². The molecule has 0 aliphatic heterocycles. The molecule has 0 bridgehead atoms. The molecule has 0 unspecified atom stereocenters. The van der Waals surface area contributed by atoms with Gasteiger partial charge in [0.05, 0.1) is 17.7 Å². The van der Waals surface area contributed by atoms with Crippen molar-refractivity contribution in [3.8, 4) is 11.3 Å². The van der Waals surface area contributed by atoms with Crippen LogP contribution in [-0.2, 0) is 11.0 Å². The molecule has 2 aromatic rings. The summed E-state index contributed by atoms with van der Waals surface area (Å²) in [5, 5.41) is 0. The summed E-state index contributed by atoms with van der Waals surface area (Å²) in [4.78, 5) is 4.68. The lowest BCUT2D eigenvalue weighted by molar-refractivity contribution is 0.360. The van der Waals surface area contributed by atoms with Crippen LogP contribution in [-0.4, -0.2) is 9.55 Å². The van der Waals surface area contributed by atoms with Gasteiger partial charge in [-0.15, -0.1) is 0 Å². The summed E-state index contributed by atoms with van der Waals surface area (Å²) >= 11 is 0. The average molecular weight is 256 g/mol. The Labute approximate surface area is 116 Å². The van der Waals surface area contributed by atoms with Crippen molar-refractivity contribution in [1.82, 2.24) is 9.55 Å². The van der Waals surface area contributed by atoms with Crippen molar-refractivity contribution in [3.63, 3.8) is 0 Å². The quantitative estimate of drug-likeness (QED) is 0.729. The molecule has 102 valence electrons. The molecule has 0 radical (unpaired) electrons. The molecule has 0 saturated carbocycles. The standard InChI is InChI=1S/C17H24N2/c1-16(2,3)15-14(13-10-8-7-9-11-13)18-12-19(15)17(4,5)6/h7-12H,1-6H3. The highest BCUT2D eigenvalue weighted by molar-refractivity contribution is 5.63. The van der Waals surface area contributed by atoms with Crippen LogP contribution in [0.5, 0.6) is 0 Å². The van der Waals surface area contributed by atoms with E-state index in [9.17, 15) is 0 Å². The predicted octanol–water partition coefficient (Wildman–Crippen LogP) is 4.60. The molecule has 0 fully saturated rings. The lowest BCUT2D eigenvalue weighted by Crippen LogP contribution is -2.28. The first-order valence-electron chi connectivity index (χ1n) is 6.85. The van der Waals surface area contributed by atoms with Crippen molar-refractivity contribution >= 4 is 0 Å². The molecule has 0 atom stereocenters. The van der Waals surface area contributed by atoms with E-state index in [0.29, 0.717) is 0 Å². The Kier molecular flexibility index (Phi) is 3.29. The third-order valence-corrected chi connectivity index (χ3v) is 3.25. The van der Waals surface area contributed by atoms with Crippen molar-refractivity contribution in [1.29, 1.82) is 0 Å². The van der Waals surface area contributed by atoms with Gasteiger partial charge in [-0.1, -0.05) is 51.1 Å². The van der Waals surface area contributed by atoms with Crippen molar-refractivity contribution in [3.05, 3.63) is 42.4 Å². The third-order valence-electron chi connectivity index (χ3n) is 3.25. The SMILES string of the molecule is CC(C)(C)c1c(-c2ccccc2)ncn1C(C)(C)C. The summed E-state index contributed by atoms with van der Waals surface area (Å²) in [6.45, 7) is 13.4. The Balaban J connectivity index is 2.68. The number of hydrogen-bond donors (Lipinski definition) is 0. The molecule has 0 saturated heterocycles. The lowest BCUT2D eigenvalue weighted by Gasteiger charge is -2.30. The Morgan fingerprint density at radius 3 is 1.95 bits per heavy atom. The van der Waals surface area contributed by atoms with Gasteiger partial charge >= 0.3 is 0 Å². The molecule has 1 aromatic carbocycles. The van der Waals surface area contributed by atoms with Crippen molar-refractivity contribution in [2.24, 2.45) is 0 Å². The first-order chi connectivity index (χ1) is 8.71. The fourth-order valence-corrected chi connectivity index (χ4v) is 2.38. The minimum absolute atomic E-state index is 0.0443. The lowest BCUT2D eigenvalue weighted by atomic mass is 9.87. The maximum absolute atomic E-state index is 4.68. The van der Waals surface area contributed by atoms with Gasteiger partial charge in [0.1, 0.15) is 0 Å². The van der Waals surface area contributed by atoms with E-state index < -0.39 is 0 Å². The number of imidazole rings is 1. The van der Waals surface area contributed by atoms with E-state index in [-0.39, 0.29) is 11.0 Å². The van der Waals surface area contributed by atoms with Crippen LogP contribution in [0.1, 0.15) is 47.2 Å². The van der Waals surface area contributed by atoms with E-state index in [2.05, 4.69) is 75.4 Å². The summed E-state index contributed by atoms with van der Waals surface area (Å²) in [7, 11) is 0. The monoisotopic (exact) mass is 256 g/mol. The van der Waals surface area contributed by atoms with Crippen molar-refractivity contribution in [2.45, 2.75) is 52.5 Å². The molecule has 2 rings (SSSR count). The molecule has 0 aliphatic carbocycles. The molecule has 0 N–H and O–H groups in total. The van der Waals surface area contributed by atoms with Crippen LogP contribution in [0.4, 0.5) is 0 Å². The van der Waals surface area contributed by atoms with Crippen LogP contribution >= 0.6 is 0 Å². The van der Waals surface area contributed by atoms with Crippen LogP contribution in [0, 0.1) is 0 Å². The molecule has 0 spiro atoms. The molecule has 0 amide bonds. The van der Waals surface area contributed by atoms with Crippen molar-refractivity contribution in [2.75, 3.05) is 0 Å². The van der Waals surface area contributed by atoms with Gasteiger partial charge in [-0.25, -0.2) is 4.98 Å². The number of nitrogens with zero attached hydrogens (tertiary/aromatic N) is 2. The highest BCUT2D eigenvalue weighted by Crippen LogP contribution is 2.35. The van der Waals surface area contributed by atoms with E-state index >= 15 is 0 Å². The van der Waals surface area contributed by atoms with Gasteiger partial charge in [0.15, 0.2) is 0 Å². The first-order valence-corrected chi connectivity index (χ1v) is 6.85. The van der Waals surface area contributed by atoms with Crippen LogP contribution < -0.4 is 0 Å². The van der Waals surface area contributed by atoms with Crippen LogP contribution in [0.3, 0.4) is 0 Å². The molecule has 0 aliphatic rings. The van der Waals surface area contributed by atoms with E-state index in [0.717, 1.165) is 5.69 Å². The molecule has 19 heavy (non-hydrogen) atoms. The predicted molar refractivity (Wildman–Crippen MR) is 81.4 cm³/mol. The minimum Gasteiger partial charge on any atom is -0.328 e. The number of benzene rings is 1. The van der Waals surface area contributed by atoms with Gasteiger partial charge in [0.25, 0.3) is 0 Å². The summed E-state index contributed by atoms with van der Waals surface area (Å²) in [5.41, 5.74) is 3.70. The summed E-state index contributed by atoms with van der Waals surface area (Å²) < 4.78 is 2.30. The Morgan fingerprint density at radius 1 is 0.895 bits per heavy atom. The fraction of sp³-hybridized carbons (Fsp3) is 0.471.